The molecule has 0 saturated carbocycles. The van der Waals surface area contributed by atoms with Crippen LogP contribution in [0.4, 0.5) is 5.69 Å². The maximum Gasteiger partial charge on any atom is 0.0557 e. The fourth-order valence-corrected chi connectivity index (χ4v) is 3.15. The average Bonchev–Trinajstić information content (AvgIpc) is 2.83. The first kappa shape index (κ1) is 14.2. The molecule has 0 bridgehead atoms. The maximum atomic E-state index is 3.70. The van der Waals surface area contributed by atoms with Crippen LogP contribution >= 0.6 is 0 Å². The molecule has 1 heterocycles. The SMILES string of the molecule is Cc1ccc(C)c(C2Cc3cc(C(C)(C)C)ccc3N2)c1. The van der Waals surface area contributed by atoms with Crippen molar-refractivity contribution in [1.82, 2.24) is 0 Å². The van der Waals surface area contributed by atoms with Crippen LogP contribution in [-0.4, -0.2) is 0 Å². The van der Waals surface area contributed by atoms with E-state index in [4.69, 9.17) is 0 Å². The van der Waals surface area contributed by atoms with Crippen LogP contribution in [0.1, 0.15) is 54.6 Å². The second-order valence-corrected chi connectivity index (χ2v) is 7.38. The quantitative estimate of drug-likeness (QED) is 0.746. The minimum absolute atomic E-state index is 0.215. The summed E-state index contributed by atoms with van der Waals surface area (Å²) in [6.45, 7) is 11.2. The van der Waals surface area contributed by atoms with Crippen LogP contribution in [0.15, 0.2) is 36.4 Å². The van der Waals surface area contributed by atoms with Gasteiger partial charge >= 0.3 is 0 Å². The Balaban J connectivity index is 1.93. The van der Waals surface area contributed by atoms with Crippen molar-refractivity contribution < 1.29 is 0 Å². The number of rotatable bonds is 1. The average molecular weight is 279 g/mol. The molecule has 1 aliphatic heterocycles. The van der Waals surface area contributed by atoms with Gasteiger partial charge in [0.25, 0.3) is 0 Å². The first-order valence-corrected chi connectivity index (χ1v) is 7.82. The van der Waals surface area contributed by atoms with E-state index in [1.54, 1.807) is 0 Å². The van der Waals surface area contributed by atoms with Crippen LogP contribution in [-0.2, 0) is 11.8 Å². The Labute approximate surface area is 128 Å². The highest BCUT2D eigenvalue weighted by Crippen LogP contribution is 2.37. The molecule has 0 fully saturated rings. The molecule has 0 aromatic heterocycles. The monoisotopic (exact) mass is 279 g/mol. The van der Waals surface area contributed by atoms with Crippen molar-refractivity contribution >= 4 is 5.69 Å². The van der Waals surface area contributed by atoms with E-state index in [0.717, 1.165) is 6.42 Å². The molecular weight excluding hydrogens is 254 g/mol. The van der Waals surface area contributed by atoms with E-state index >= 15 is 0 Å². The van der Waals surface area contributed by atoms with Gasteiger partial charge in [0.15, 0.2) is 0 Å². The summed E-state index contributed by atoms with van der Waals surface area (Å²) in [4.78, 5) is 0. The Morgan fingerprint density at radius 2 is 1.76 bits per heavy atom. The Kier molecular flexibility index (Phi) is 3.32. The summed E-state index contributed by atoms with van der Waals surface area (Å²) >= 11 is 0. The summed E-state index contributed by atoms with van der Waals surface area (Å²) in [7, 11) is 0. The summed E-state index contributed by atoms with van der Waals surface area (Å²) in [6.07, 6.45) is 1.09. The maximum absolute atomic E-state index is 3.70. The molecule has 2 aromatic rings. The second-order valence-electron chi connectivity index (χ2n) is 7.38. The molecule has 2 aromatic carbocycles. The molecule has 1 aliphatic rings. The van der Waals surface area contributed by atoms with E-state index in [0.29, 0.717) is 6.04 Å². The molecule has 0 amide bonds. The van der Waals surface area contributed by atoms with Gasteiger partial charge in [0.05, 0.1) is 6.04 Å². The van der Waals surface area contributed by atoms with Crippen LogP contribution in [0, 0.1) is 13.8 Å². The van der Waals surface area contributed by atoms with Gasteiger partial charge in [-0.25, -0.2) is 0 Å². The number of benzene rings is 2. The Hall–Kier alpha value is -1.76. The molecule has 0 saturated heterocycles. The van der Waals surface area contributed by atoms with Crippen LogP contribution < -0.4 is 5.32 Å². The van der Waals surface area contributed by atoms with E-state index < -0.39 is 0 Å². The smallest absolute Gasteiger partial charge is 0.0557 e. The van der Waals surface area contributed by atoms with Crippen molar-refractivity contribution in [3.63, 3.8) is 0 Å². The predicted molar refractivity (Wildman–Crippen MR) is 91.1 cm³/mol. The fourth-order valence-electron chi connectivity index (χ4n) is 3.15. The molecule has 1 unspecified atom stereocenters. The van der Waals surface area contributed by atoms with Gasteiger partial charge in [-0.1, -0.05) is 56.7 Å². The molecule has 0 aliphatic carbocycles. The topological polar surface area (TPSA) is 12.0 Å². The van der Waals surface area contributed by atoms with Gasteiger partial charge in [0.1, 0.15) is 0 Å². The lowest BCUT2D eigenvalue weighted by molar-refractivity contribution is 0.589. The van der Waals surface area contributed by atoms with Crippen molar-refractivity contribution in [3.05, 3.63) is 64.2 Å². The zero-order chi connectivity index (χ0) is 15.2. The Morgan fingerprint density at radius 3 is 2.48 bits per heavy atom. The van der Waals surface area contributed by atoms with Gasteiger partial charge in [0.2, 0.25) is 0 Å². The summed E-state index contributed by atoms with van der Waals surface area (Å²) in [6, 6.07) is 14.1. The van der Waals surface area contributed by atoms with Crippen molar-refractivity contribution in [2.24, 2.45) is 0 Å². The molecule has 0 radical (unpaired) electrons. The third kappa shape index (κ3) is 2.70. The summed E-state index contributed by atoms with van der Waals surface area (Å²) in [5.41, 5.74) is 8.54. The van der Waals surface area contributed by atoms with E-state index in [1.165, 1.54) is 33.5 Å². The van der Waals surface area contributed by atoms with Crippen molar-refractivity contribution in [3.8, 4) is 0 Å². The summed E-state index contributed by atoms with van der Waals surface area (Å²) < 4.78 is 0. The first-order valence-electron chi connectivity index (χ1n) is 7.82. The van der Waals surface area contributed by atoms with E-state index in [-0.39, 0.29) is 5.41 Å². The van der Waals surface area contributed by atoms with Crippen molar-refractivity contribution in [2.45, 2.75) is 52.5 Å². The summed E-state index contributed by atoms with van der Waals surface area (Å²) in [5, 5.41) is 3.70. The standard InChI is InChI=1S/C20H25N/c1-13-6-7-14(2)17(10-13)19-12-15-11-16(20(3,4)5)8-9-18(15)21-19/h6-11,19,21H,12H2,1-5H3. The van der Waals surface area contributed by atoms with E-state index in [1.807, 2.05) is 0 Å². The molecular formula is C20H25N. The van der Waals surface area contributed by atoms with Crippen LogP contribution in [0.5, 0.6) is 0 Å². The van der Waals surface area contributed by atoms with Gasteiger partial charge < -0.3 is 5.32 Å². The van der Waals surface area contributed by atoms with Gasteiger partial charge in [-0.2, -0.15) is 0 Å². The fraction of sp³-hybridized carbons (Fsp3) is 0.400. The highest BCUT2D eigenvalue weighted by Gasteiger charge is 2.25. The lowest BCUT2D eigenvalue weighted by Crippen LogP contribution is -2.11. The highest BCUT2D eigenvalue weighted by molar-refractivity contribution is 5.60. The number of hydrogen-bond acceptors (Lipinski definition) is 1. The Morgan fingerprint density at radius 1 is 1.00 bits per heavy atom. The molecule has 1 nitrogen and oxygen atoms in total. The third-order valence-electron chi connectivity index (χ3n) is 4.54. The molecule has 3 rings (SSSR count). The normalized spacial score (nSPS) is 17.5. The molecule has 110 valence electrons. The Bertz CT molecular complexity index is 677. The zero-order valence-corrected chi connectivity index (χ0v) is 13.7. The largest absolute Gasteiger partial charge is 0.378 e. The first-order chi connectivity index (χ1) is 9.84. The lowest BCUT2D eigenvalue weighted by Gasteiger charge is -2.19. The van der Waals surface area contributed by atoms with Gasteiger partial charge in [-0.05, 0) is 54.0 Å². The minimum Gasteiger partial charge on any atom is -0.378 e. The second kappa shape index (κ2) is 4.91. The van der Waals surface area contributed by atoms with Crippen LogP contribution in [0.3, 0.4) is 0 Å². The minimum atomic E-state index is 0.215. The molecule has 1 atom stereocenters. The highest BCUT2D eigenvalue weighted by atomic mass is 14.9. The number of hydrogen-bond donors (Lipinski definition) is 1. The molecule has 21 heavy (non-hydrogen) atoms. The number of nitrogens with one attached hydrogen (secondary N) is 1. The molecule has 1 N–H and O–H groups in total. The third-order valence-corrected chi connectivity index (χ3v) is 4.54. The number of anilines is 1. The van der Waals surface area contributed by atoms with E-state index in [9.17, 15) is 0 Å². The van der Waals surface area contributed by atoms with Crippen LogP contribution in [0.25, 0.3) is 0 Å². The molecule has 1 heteroatoms. The zero-order valence-electron chi connectivity index (χ0n) is 13.7. The molecule has 0 spiro atoms. The summed E-state index contributed by atoms with van der Waals surface area (Å²) in [5.74, 6) is 0. The van der Waals surface area contributed by atoms with E-state index in [2.05, 4.69) is 76.3 Å². The predicted octanol–water partition coefficient (Wildman–Crippen LogP) is 5.31. The van der Waals surface area contributed by atoms with Crippen LogP contribution in [0.2, 0.25) is 0 Å². The number of fused-ring (bicyclic) bond motifs is 1. The number of aryl methyl sites for hydroxylation is 2. The van der Waals surface area contributed by atoms with Crippen molar-refractivity contribution in [1.29, 1.82) is 0 Å². The van der Waals surface area contributed by atoms with Gasteiger partial charge in [-0.15, -0.1) is 0 Å². The lowest BCUT2D eigenvalue weighted by atomic mass is 9.85. The van der Waals surface area contributed by atoms with Gasteiger partial charge in [-0.3, -0.25) is 0 Å². The van der Waals surface area contributed by atoms with Crippen molar-refractivity contribution in [2.75, 3.05) is 5.32 Å². The van der Waals surface area contributed by atoms with Gasteiger partial charge in [0, 0.05) is 5.69 Å².